The Bertz CT molecular complexity index is 6.00. The van der Waals surface area contributed by atoms with Gasteiger partial charge in [-0.1, -0.05) is 0 Å². The van der Waals surface area contributed by atoms with Crippen molar-refractivity contribution in [2.24, 2.45) is 0 Å². The second-order valence-electron chi connectivity index (χ2n) is 0.136. The van der Waals surface area contributed by atoms with Crippen molar-refractivity contribution in [1.29, 1.82) is 0 Å². The van der Waals surface area contributed by atoms with Crippen LogP contribution in [0.15, 0.2) is 0 Å². The zero-order valence-electron chi connectivity index (χ0n) is 1.63. The second-order valence-corrected chi connectivity index (χ2v) is 7.25. The molecule has 0 aliphatic carbocycles. The van der Waals surface area contributed by atoms with Crippen LogP contribution in [0.25, 0.3) is 0 Å². The zero-order chi connectivity index (χ0) is 3.41. The van der Waals surface area contributed by atoms with E-state index in [0.717, 1.165) is 0 Å². The molecule has 0 nitrogen and oxygen atoms in total. The molecule has 0 rings (SSSR count). The second kappa shape index (κ2) is 5.08. The van der Waals surface area contributed by atoms with Crippen LogP contribution in [0.3, 0.4) is 0 Å². The van der Waals surface area contributed by atoms with Crippen molar-refractivity contribution in [3.8, 4) is 0 Å². The summed E-state index contributed by atoms with van der Waals surface area (Å²) in [6.45, 7) is 0. The quantitative estimate of drug-likeness (QED) is 0.512. The van der Waals surface area contributed by atoms with Gasteiger partial charge in [0.05, 0.1) is 0 Å². The molecule has 0 spiro atoms. The molecule has 0 aromatic heterocycles. The summed E-state index contributed by atoms with van der Waals surface area (Å²) < 4.78 is 0. The van der Waals surface area contributed by atoms with E-state index in [1.54, 1.807) is 17.0 Å². The molecular formula is Mo2S2. The fourth-order valence-electron chi connectivity index (χ4n) is 0. The minimum absolute atomic E-state index is 1.79. The fourth-order valence-corrected chi connectivity index (χ4v) is 0. The Morgan fingerprint density at radius 1 is 1.00 bits per heavy atom. The molecule has 0 N–H and O–H groups in total. The predicted molar refractivity (Wildman–Crippen MR) is 15.2 cm³/mol. The van der Waals surface area contributed by atoms with Gasteiger partial charge in [-0.15, -0.1) is 0 Å². The summed E-state index contributed by atoms with van der Waals surface area (Å²) in [7, 11) is 3.58. The summed E-state index contributed by atoms with van der Waals surface area (Å²) in [5.74, 6) is 0. The van der Waals surface area contributed by atoms with Crippen LogP contribution in [0.5, 0.6) is 0 Å². The molecule has 0 atom stereocenters. The Labute approximate surface area is 53.5 Å². The van der Waals surface area contributed by atoms with E-state index in [1.807, 2.05) is 37.1 Å². The van der Waals surface area contributed by atoms with Crippen LogP contribution < -0.4 is 0 Å². The van der Waals surface area contributed by atoms with Crippen LogP contribution in [0.2, 0.25) is 0 Å². The van der Waals surface area contributed by atoms with E-state index in [1.165, 1.54) is 0 Å². The van der Waals surface area contributed by atoms with Crippen LogP contribution >= 0.6 is 17.0 Å². The first kappa shape index (κ1) is 6.08. The first-order valence-corrected chi connectivity index (χ1v) is 7.42. The summed E-state index contributed by atoms with van der Waals surface area (Å²) in [6, 6.07) is 0. The van der Waals surface area contributed by atoms with Gasteiger partial charge in [-0.25, -0.2) is 0 Å². The van der Waals surface area contributed by atoms with Gasteiger partial charge in [-0.3, -0.25) is 0 Å². The van der Waals surface area contributed by atoms with E-state index < -0.39 is 0 Å². The first-order chi connectivity index (χ1) is 1.91. The molecule has 0 bridgehead atoms. The summed E-state index contributed by atoms with van der Waals surface area (Å²) in [6.07, 6.45) is 0. The van der Waals surface area contributed by atoms with Crippen LogP contribution in [0.1, 0.15) is 0 Å². The molecule has 0 aromatic carbocycles. The van der Waals surface area contributed by atoms with Gasteiger partial charge in [0.15, 0.2) is 0 Å². The molecule has 0 fully saturated rings. The van der Waals surface area contributed by atoms with Crippen molar-refractivity contribution in [1.82, 2.24) is 0 Å². The predicted octanol–water partition coefficient (Wildman–Crippen LogP) is 1.29. The molecule has 0 radical (unpaired) electrons. The third-order valence-electron chi connectivity index (χ3n) is 0.0278. The molecule has 0 heterocycles. The van der Waals surface area contributed by atoms with Gasteiger partial charge in [-0.05, 0) is 0 Å². The van der Waals surface area contributed by atoms with Crippen molar-refractivity contribution in [3.05, 3.63) is 0 Å². The summed E-state index contributed by atoms with van der Waals surface area (Å²) in [4.78, 5) is 0. The summed E-state index contributed by atoms with van der Waals surface area (Å²) in [5.41, 5.74) is 0. The normalized spacial score (nSPS) is 7.00. The molecule has 4 heavy (non-hydrogen) atoms. The van der Waals surface area contributed by atoms with Crippen molar-refractivity contribution in [3.63, 3.8) is 0 Å². The molecule has 0 amide bonds. The minimum atomic E-state index is 1.79. The summed E-state index contributed by atoms with van der Waals surface area (Å²) >= 11 is 4.01. The molecule has 0 aliphatic heterocycles. The molecule has 24 valence electrons. The molecule has 4 heteroatoms. The van der Waals surface area contributed by atoms with Gasteiger partial charge in [0.2, 0.25) is 0 Å². The van der Waals surface area contributed by atoms with Crippen LogP contribution in [0, 0.1) is 0 Å². The van der Waals surface area contributed by atoms with Crippen LogP contribution in [-0.2, 0) is 37.1 Å². The maximum absolute atomic E-state index is 2.01. The molecule has 0 unspecified atom stereocenters. The Kier molecular flexibility index (Phi) is 7.71. The third-order valence-corrected chi connectivity index (χ3v) is 8.75. The Morgan fingerprint density at radius 2 is 1.25 bits per heavy atom. The standard InChI is InChI=1S/2Mo.S2/c;;1-2/q2*+1;-2. The average molecular weight is 256 g/mol. The van der Waals surface area contributed by atoms with Gasteiger partial charge in [0, 0.05) is 0 Å². The van der Waals surface area contributed by atoms with E-state index in [9.17, 15) is 0 Å². The monoisotopic (exact) mass is 260 g/mol. The van der Waals surface area contributed by atoms with Crippen molar-refractivity contribution >= 4 is 17.0 Å². The van der Waals surface area contributed by atoms with Gasteiger partial charge in [0.25, 0.3) is 0 Å². The summed E-state index contributed by atoms with van der Waals surface area (Å²) in [5, 5.41) is 0. The van der Waals surface area contributed by atoms with Crippen molar-refractivity contribution < 1.29 is 37.1 Å². The van der Waals surface area contributed by atoms with E-state index in [-0.39, 0.29) is 0 Å². The number of hydrogen-bond acceptors (Lipinski definition) is 2. The number of rotatable bonds is 1. The molecular weight excluding hydrogens is 256 g/mol. The Balaban J connectivity index is 1.97. The molecule has 0 aliphatic rings. The van der Waals surface area contributed by atoms with E-state index in [0.29, 0.717) is 0 Å². The van der Waals surface area contributed by atoms with E-state index >= 15 is 0 Å². The SMILES string of the molecule is [Mo][S][S][Mo]. The third kappa shape index (κ3) is 4.08. The number of hydrogen-bond donors (Lipinski definition) is 0. The van der Waals surface area contributed by atoms with Crippen LogP contribution in [0.4, 0.5) is 0 Å². The molecule has 0 saturated heterocycles. The Hall–Kier alpha value is 2.08. The molecule has 0 aromatic rings. The first-order valence-electron chi connectivity index (χ1n) is 0.500. The van der Waals surface area contributed by atoms with Gasteiger partial charge >= 0.3 is 54.1 Å². The topological polar surface area (TPSA) is 0 Å². The Morgan fingerprint density at radius 3 is 1.25 bits per heavy atom. The van der Waals surface area contributed by atoms with Gasteiger partial charge < -0.3 is 0 Å². The average Bonchev–Trinajstić information content (AvgIpc) is 1.37. The van der Waals surface area contributed by atoms with Crippen molar-refractivity contribution in [2.75, 3.05) is 0 Å². The van der Waals surface area contributed by atoms with E-state index in [2.05, 4.69) is 0 Å². The van der Waals surface area contributed by atoms with E-state index in [4.69, 9.17) is 0 Å². The molecule has 0 saturated carbocycles. The van der Waals surface area contributed by atoms with Crippen LogP contribution in [-0.4, -0.2) is 0 Å². The fraction of sp³-hybridized carbons (Fsp3) is 0. The zero-order valence-corrected chi connectivity index (χ0v) is 7.28. The maximum atomic E-state index is 2.01. The van der Waals surface area contributed by atoms with Gasteiger partial charge in [0.1, 0.15) is 0 Å². The van der Waals surface area contributed by atoms with Gasteiger partial charge in [-0.2, -0.15) is 0 Å². The van der Waals surface area contributed by atoms with Crippen molar-refractivity contribution in [2.45, 2.75) is 0 Å².